The predicted molar refractivity (Wildman–Crippen MR) is 115 cm³/mol. The highest BCUT2D eigenvalue weighted by molar-refractivity contribution is 6.02. The number of rotatable bonds is 5. The summed E-state index contributed by atoms with van der Waals surface area (Å²) in [5.41, 5.74) is 15.9. The van der Waals surface area contributed by atoms with Crippen LogP contribution in [-0.2, 0) is 24.4 Å². The Morgan fingerprint density at radius 1 is 1.24 bits per heavy atom. The summed E-state index contributed by atoms with van der Waals surface area (Å²) in [5.74, 6) is -2.16. The Morgan fingerprint density at radius 2 is 1.91 bits per heavy atom. The van der Waals surface area contributed by atoms with Crippen LogP contribution in [0, 0.1) is 0 Å². The summed E-state index contributed by atoms with van der Waals surface area (Å²) in [5, 5.41) is 0. The second kappa shape index (κ2) is 9.61. The molecule has 33 heavy (non-hydrogen) atoms. The van der Waals surface area contributed by atoms with Crippen LogP contribution in [0.15, 0.2) is 35.7 Å². The average Bonchev–Trinajstić information content (AvgIpc) is 3.16. The molecule has 1 saturated heterocycles. The van der Waals surface area contributed by atoms with Crippen LogP contribution >= 0.6 is 0 Å². The molecule has 1 fully saturated rings. The molecule has 9 nitrogen and oxygen atoms in total. The number of carbonyl (C=O) groups is 2. The maximum absolute atomic E-state index is 13.7. The van der Waals surface area contributed by atoms with Crippen LogP contribution < -0.4 is 17.2 Å². The second-order valence-electron chi connectivity index (χ2n) is 8.08. The summed E-state index contributed by atoms with van der Waals surface area (Å²) < 4.78 is 43.0. The minimum atomic E-state index is -4.67. The molecule has 12 heteroatoms. The first-order valence-corrected chi connectivity index (χ1v) is 10.3. The number of carbonyl (C=O) groups excluding carboxylic acids is 2. The number of hydrogen-bond donors (Lipinski definition) is 3. The minimum Gasteiger partial charge on any atom is -0.370 e. The number of nitrogens with zero attached hydrogens (tertiary/aromatic N) is 4. The lowest BCUT2D eigenvalue weighted by Crippen LogP contribution is -2.47. The van der Waals surface area contributed by atoms with Gasteiger partial charge in [-0.05, 0) is 36.5 Å². The molecule has 0 aliphatic carbocycles. The molecular weight excluding hydrogens is 439 g/mol. The second-order valence-corrected chi connectivity index (χ2v) is 8.08. The summed E-state index contributed by atoms with van der Waals surface area (Å²) in [4.78, 5) is 33.7. The summed E-state index contributed by atoms with van der Waals surface area (Å²) >= 11 is 0. The van der Waals surface area contributed by atoms with Crippen LogP contribution in [0.2, 0.25) is 0 Å². The van der Waals surface area contributed by atoms with E-state index in [0.29, 0.717) is 18.5 Å². The number of aliphatic imine (C=N–C) groups is 1. The lowest BCUT2D eigenvalue weighted by atomic mass is 9.85. The number of halogens is 3. The topological polar surface area (TPSA) is 146 Å². The predicted octanol–water partition coefficient (Wildman–Crippen LogP) is 1.13. The molecular formula is C21H26F3N7O2. The van der Waals surface area contributed by atoms with Gasteiger partial charge in [-0.15, -0.1) is 0 Å². The summed E-state index contributed by atoms with van der Waals surface area (Å²) in [6, 6.07) is 2.56. The number of amides is 2. The Kier molecular flexibility index (Phi) is 7.06. The van der Waals surface area contributed by atoms with Crippen molar-refractivity contribution < 1.29 is 22.8 Å². The Balaban J connectivity index is 1.71. The largest absolute Gasteiger partial charge is 0.416 e. The molecule has 2 amide bonds. The van der Waals surface area contributed by atoms with Gasteiger partial charge < -0.3 is 26.7 Å². The molecule has 0 unspecified atom stereocenters. The fourth-order valence-electron chi connectivity index (χ4n) is 4.00. The molecule has 6 N–H and O–H groups in total. The normalized spacial score (nSPS) is 15.8. The maximum Gasteiger partial charge on any atom is 0.416 e. The molecule has 1 aromatic heterocycles. The number of alkyl halides is 3. The van der Waals surface area contributed by atoms with E-state index in [-0.39, 0.29) is 36.5 Å². The SMILES string of the molecule is Cn1cnc(C[C@@H](N)C(=O)N2CCC(c3ccc(C(=O)N=C(N)N)cc3C(F)(F)F)CC2)c1. The zero-order chi connectivity index (χ0) is 24.3. The third-order valence-electron chi connectivity index (χ3n) is 5.59. The summed E-state index contributed by atoms with van der Waals surface area (Å²) in [6.45, 7) is 0.566. The molecule has 1 aromatic carbocycles. The molecule has 2 heterocycles. The fraction of sp³-hybridized carbons (Fsp3) is 0.429. The van der Waals surface area contributed by atoms with Crippen LogP contribution in [0.5, 0.6) is 0 Å². The van der Waals surface area contributed by atoms with Gasteiger partial charge in [0.2, 0.25) is 5.91 Å². The van der Waals surface area contributed by atoms with Crippen molar-refractivity contribution in [2.75, 3.05) is 13.1 Å². The molecule has 178 valence electrons. The number of hydrogen-bond acceptors (Lipinski definition) is 4. The highest BCUT2D eigenvalue weighted by atomic mass is 19.4. The number of nitrogens with two attached hydrogens (primary N) is 3. The van der Waals surface area contributed by atoms with Gasteiger partial charge in [-0.2, -0.15) is 18.2 Å². The molecule has 0 radical (unpaired) electrons. The molecule has 1 aliphatic rings. The van der Waals surface area contributed by atoms with E-state index in [4.69, 9.17) is 17.2 Å². The summed E-state index contributed by atoms with van der Waals surface area (Å²) in [6.07, 6.45) is -0.310. The van der Waals surface area contributed by atoms with Gasteiger partial charge in [0.15, 0.2) is 5.96 Å². The van der Waals surface area contributed by atoms with Crippen molar-refractivity contribution in [3.63, 3.8) is 0 Å². The van der Waals surface area contributed by atoms with Crippen molar-refractivity contribution in [1.82, 2.24) is 14.5 Å². The van der Waals surface area contributed by atoms with Gasteiger partial charge in [-0.25, -0.2) is 4.98 Å². The zero-order valence-corrected chi connectivity index (χ0v) is 18.0. The van der Waals surface area contributed by atoms with Gasteiger partial charge in [0.05, 0.1) is 23.6 Å². The van der Waals surface area contributed by atoms with E-state index >= 15 is 0 Å². The van der Waals surface area contributed by atoms with Crippen molar-refractivity contribution >= 4 is 17.8 Å². The first-order valence-electron chi connectivity index (χ1n) is 10.3. The number of aryl methyl sites for hydroxylation is 1. The van der Waals surface area contributed by atoms with Gasteiger partial charge >= 0.3 is 6.18 Å². The Hall–Kier alpha value is -3.41. The Morgan fingerprint density at radius 3 is 2.45 bits per heavy atom. The van der Waals surface area contributed by atoms with Crippen molar-refractivity contribution in [2.24, 2.45) is 29.2 Å². The van der Waals surface area contributed by atoms with Gasteiger partial charge in [-0.3, -0.25) is 9.59 Å². The van der Waals surface area contributed by atoms with Crippen molar-refractivity contribution in [2.45, 2.75) is 37.4 Å². The van der Waals surface area contributed by atoms with Gasteiger partial charge in [0.1, 0.15) is 0 Å². The molecule has 0 saturated carbocycles. The van der Waals surface area contributed by atoms with Crippen LogP contribution in [0.4, 0.5) is 13.2 Å². The molecule has 0 bridgehead atoms. The van der Waals surface area contributed by atoms with E-state index in [1.807, 2.05) is 7.05 Å². The Bertz CT molecular complexity index is 1050. The summed E-state index contributed by atoms with van der Waals surface area (Å²) in [7, 11) is 1.81. The third kappa shape index (κ3) is 5.89. The molecule has 2 aromatic rings. The Labute approximate surface area is 188 Å². The number of piperidine rings is 1. The van der Waals surface area contributed by atoms with Crippen molar-refractivity contribution in [1.29, 1.82) is 0 Å². The van der Waals surface area contributed by atoms with Crippen LogP contribution in [0.3, 0.4) is 0 Å². The minimum absolute atomic E-state index is 0.0774. The lowest BCUT2D eigenvalue weighted by Gasteiger charge is -2.34. The average molecular weight is 465 g/mol. The first kappa shape index (κ1) is 24.2. The van der Waals surface area contributed by atoms with Gasteiger partial charge in [0, 0.05) is 38.3 Å². The molecule has 3 rings (SSSR count). The highest BCUT2D eigenvalue weighted by Crippen LogP contribution is 2.39. The number of aromatic nitrogens is 2. The maximum atomic E-state index is 13.7. The van der Waals surface area contributed by atoms with E-state index in [1.54, 1.807) is 22.0 Å². The van der Waals surface area contributed by atoms with E-state index in [0.717, 1.165) is 6.07 Å². The van der Waals surface area contributed by atoms with Gasteiger partial charge in [-0.1, -0.05) is 6.07 Å². The van der Waals surface area contributed by atoms with E-state index in [9.17, 15) is 22.8 Å². The smallest absolute Gasteiger partial charge is 0.370 e. The monoisotopic (exact) mass is 465 g/mol. The van der Waals surface area contributed by atoms with Gasteiger partial charge in [0.25, 0.3) is 5.91 Å². The number of guanidine groups is 1. The van der Waals surface area contributed by atoms with Crippen LogP contribution in [0.1, 0.15) is 45.9 Å². The van der Waals surface area contributed by atoms with Crippen LogP contribution in [0.25, 0.3) is 0 Å². The number of benzene rings is 1. The number of likely N-dealkylation sites (tertiary alicyclic amines) is 1. The van der Waals surface area contributed by atoms with Crippen molar-refractivity contribution in [3.8, 4) is 0 Å². The molecule has 1 aliphatic heterocycles. The molecule has 0 spiro atoms. The third-order valence-corrected chi connectivity index (χ3v) is 5.59. The molecule has 1 atom stereocenters. The zero-order valence-electron chi connectivity index (χ0n) is 18.0. The van der Waals surface area contributed by atoms with E-state index < -0.39 is 35.6 Å². The van der Waals surface area contributed by atoms with Crippen molar-refractivity contribution in [3.05, 3.63) is 53.1 Å². The fourth-order valence-corrected chi connectivity index (χ4v) is 4.00. The lowest BCUT2D eigenvalue weighted by molar-refractivity contribution is -0.139. The standard InChI is InChI=1S/C21H26F3N7O2/c1-30-10-14(28-11-30)9-17(25)19(33)31-6-4-12(5-7-31)15-3-2-13(18(32)29-20(26)27)8-16(15)21(22,23)24/h2-3,8,10-12,17H,4-7,9,25H2,1H3,(H4,26,27,29,32)/t17-/m1/s1. The van der Waals surface area contributed by atoms with E-state index in [2.05, 4.69) is 9.98 Å². The number of imidazole rings is 1. The van der Waals surface area contributed by atoms with Crippen LogP contribution in [-0.4, -0.2) is 51.4 Å². The van der Waals surface area contributed by atoms with E-state index in [1.165, 1.54) is 12.1 Å². The quantitative estimate of drug-likeness (QED) is 0.446. The first-order chi connectivity index (χ1) is 15.5. The highest BCUT2D eigenvalue weighted by Gasteiger charge is 2.37.